The molecule has 148 valence electrons. The molecule has 1 amide bonds. The van der Waals surface area contributed by atoms with E-state index in [2.05, 4.69) is 26.5 Å². The Hall–Kier alpha value is -3.48. The van der Waals surface area contributed by atoms with Gasteiger partial charge in [-0.1, -0.05) is 35.1 Å². The highest BCUT2D eigenvalue weighted by molar-refractivity contribution is 7.98. The number of nitriles is 1. The molecule has 3 heterocycles. The first-order valence-corrected chi connectivity index (χ1v) is 10.8. The van der Waals surface area contributed by atoms with Crippen molar-refractivity contribution in [1.82, 2.24) is 15.1 Å². The van der Waals surface area contributed by atoms with Crippen molar-refractivity contribution in [3.8, 4) is 17.5 Å². The average Bonchev–Trinajstić information content (AvgIpc) is 3.45. The number of nitrogens with one attached hydrogen (secondary N) is 1. The molecule has 1 N–H and O–H groups in total. The molecule has 0 saturated heterocycles. The monoisotopic (exact) mass is 433 g/mol. The molecular weight excluding hydrogens is 418 g/mol. The van der Waals surface area contributed by atoms with Gasteiger partial charge in [-0.25, -0.2) is 4.98 Å². The van der Waals surface area contributed by atoms with Crippen LogP contribution in [-0.4, -0.2) is 21.0 Å². The number of thiophene rings is 1. The van der Waals surface area contributed by atoms with Crippen LogP contribution in [0.25, 0.3) is 11.4 Å². The molecule has 0 aliphatic carbocycles. The number of aryl methyl sites for hydroxylation is 1. The number of benzene rings is 1. The van der Waals surface area contributed by atoms with Crippen molar-refractivity contribution in [2.24, 2.45) is 0 Å². The van der Waals surface area contributed by atoms with E-state index in [0.717, 1.165) is 5.56 Å². The number of amides is 1. The van der Waals surface area contributed by atoms with E-state index in [1.54, 1.807) is 36.5 Å². The molecule has 0 atom stereocenters. The maximum Gasteiger partial charge on any atom is 0.257 e. The van der Waals surface area contributed by atoms with E-state index >= 15 is 0 Å². The highest BCUT2D eigenvalue weighted by Crippen LogP contribution is 2.27. The van der Waals surface area contributed by atoms with Crippen molar-refractivity contribution in [3.63, 3.8) is 0 Å². The molecule has 4 aromatic rings. The van der Waals surface area contributed by atoms with Gasteiger partial charge in [0, 0.05) is 16.6 Å². The molecule has 0 fully saturated rings. The standard InChI is InChI=1S/C21H15N5O2S2/c1-13-17(20(27)24-16-5-3-2-4-6-16)9-15(10-22)21(23-13)30-12-18-25-19(26-28-18)14-7-8-29-11-14/h2-9,11H,12H2,1H3,(H,24,27). The number of carbonyl (C=O) groups is 1. The number of pyridine rings is 1. The highest BCUT2D eigenvalue weighted by Gasteiger charge is 2.17. The van der Waals surface area contributed by atoms with Gasteiger partial charge < -0.3 is 9.84 Å². The van der Waals surface area contributed by atoms with E-state index in [1.165, 1.54) is 11.8 Å². The average molecular weight is 434 g/mol. The zero-order valence-corrected chi connectivity index (χ0v) is 17.5. The SMILES string of the molecule is Cc1nc(SCc2nc(-c3ccsc3)no2)c(C#N)cc1C(=O)Nc1ccccc1. The Bertz CT molecular complexity index is 1210. The van der Waals surface area contributed by atoms with Gasteiger partial charge in [0.05, 0.1) is 22.6 Å². The summed E-state index contributed by atoms with van der Waals surface area (Å²) in [5.41, 5.74) is 2.80. The van der Waals surface area contributed by atoms with E-state index in [9.17, 15) is 10.1 Å². The highest BCUT2D eigenvalue weighted by atomic mass is 32.2. The smallest absolute Gasteiger partial charge is 0.257 e. The zero-order chi connectivity index (χ0) is 20.9. The summed E-state index contributed by atoms with van der Waals surface area (Å²) in [5, 5.41) is 20.7. The molecule has 1 aromatic carbocycles. The summed E-state index contributed by atoms with van der Waals surface area (Å²) in [6.07, 6.45) is 0. The first-order valence-electron chi connectivity index (χ1n) is 8.90. The van der Waals surface area contributed by atoms with Crippen LogP contribution in [-0.2, 0) is 5.75 Å². The third kappa shape index (κ3) is 4.40. The number of nitrogens with zero attached hydrogens (tertiary/aromatic N) is 4. The molecule has 0 saturated carbocycles. The Morgan fingerprint density at radius 3 is 2.83 bits per heavy atom. The van der Waals surface area contributed by atoms with Crippen molar-refractivity contribution in [2.75, 3.05) is 5.32 Å². The van der Waals surface area contributed by atoms with Crippen LogP contribution in [0.1, 0.15) is 27.5 Å². The van der Waals surface area contributed by atoms with E-state index in [0.29, 0.717) is 45.0 Å². The van der Waals surface area contributed by atoms with Crippen molar-refractivity contribution < 1.29 is 9.32 Å². The van der Waals surface area contributed by atoms with Crippen LogP contribution in [0.15, 0.2) is 62.8 Å². The number of carbonyl (C=O) groups excluding carboxylic acids is 1. The lowest BCUT2D eigenvalue weighted by molar-refractivity contribution is 0.102. The second kappa shape index (κ2) is 8.90. The molecule has 7 nitrogen and oxygen atoms in total. The fraction of sp³-hybridized carbons (Fsp3) is 0.0952. The van der Waals surface area contributed by atoms with Crippen molar-refractivity contribution in [3.05, 3.63) is 75.9 Å². The van der Waals surface area contributed by atoms with Crippen LogP contribution in [0.4, 0.5) is 5.69 Å². The Labute approximate surface area is 180 Å². The van der Waals surface area contributed by atoms with Gasteiger partial charge in [-0.05, 0) is 36.6 Å². The molecule has 4 rings (SSSR count). The zero-order valence-electron chi connectivity index (χ0n) is 15.8. The molecule has 0 aliphatic heterocycles. The van der Waals surface area contributed by atoms with Crippen LogP contribution in [0.2, 0.25) is 0 Å². The maximum absolute atomic E-state index is 12.6. The lowest BCUT2D eigenvalue weighted by atomic mass is 10.1. The van der Waals surface area contributed by atoms with E-state index < -0.39 is 0 Å². The number of hydrogen-bond acceptors (Lipinski definition) is 8. The molecule has 0 unspecified atom stereocenters. The predicted octanol–water partition coefficient (Wildman–Crippen LogP) is 4.92. The summed E-state index contributed by atoms with van der Waals surface area (Å²) < 4.78 is 5.29. The second-order valence-electron chi connectivity index (χ2n) is 6.22. The van der Waals surface area contributed by atoms with Crippen LogP contribution in [0.5, 0.6) is 0 Å². The second-order valence-corrected chi connectivity index (χ2v) is 7.96. The molecular formula is C21H15N5O2S2. The molecule has 0 spiro atoms. The van der Waals surface area contributed by atoms with Gasteiger partial charge >= 0.3 is 0 Å². The quantitative estimate of drug-likeness (QED) is 0.430. The first kappa shape index (κ1) is 19.8. The molecule has 3 aromatic heterocycles. The van der Waals surface area contributed by atoms with Crippen LogP contribution < -0.4 is 5.32 Å². The van der Waals surface area contributed by atoms with Gasteiger partial charge in [0.1, 0.15) is 11.1 Å². The third-order valence-corrected chi connectivity index (χ3v) is 5.81. The van der Waals surface area contributed by atoms with Crippen LogP contribution >= 0.6 is 23.1 Å². The topological polar surface area (TPSA) is 105 Å². The van der Waals surface area contributed by atoms with Crippen molar-refractivity contribution in [2.45, 2.75) is 17.7 Å². The minimum atomic E-state index is -0.309. The summed E-state index contributed by atoms with van der Waals surface area (Å²) in [7, 11) is 0. The van der Waals surface area contributed by atoms with Gasteiger partial charge in [-0.2, -0.15) is 21.6 Å². The fourth-order valence-electron chi connectivity index (χ4n) is 2.68. The minimum absolute atomic E-state index is 0.309. The number of hydrogen-bond donors (Lipinski definition) is 1. The molecule has 0 bridgehead atoms. The maximum atomic E-state index is 12.6. The van der Waals surface area contributed by atoms with Crippen molar-refractivity contribution >= 4 is 34.7 Å². The first-order chi connectivity index (χ1) is 14.6. The molecule has 0 aliphatic rings. The predicted molar refractivity (Wildman–Crippen MR) is 115 cm³/mol. The van der Waals surface area contributed by atoms with Crippen LogP contribution in [0, 0.1) is 18.3 Å². The number of para-hydroxylation sites is 1. The summed E-state index contributed by atoms with van der Waals surface area (Å²) in [6, 6.07) is 14.7. The summed E-state index contributed by atoms with van der Waals surface area (Å²) in [5.74, 6) is 1.03. The molecule has 30 heavy (non-hydrogen) atoms. The molecule has 0 radical (unpaired) electrons. The minimum Gasteiger partial charge on any atom is -0.338 e. The Balaban J connectivity index is 1.50. The van der Waals surface area contributed by atoms with Gasteiger partial charge in [0.2, 0.25) is 11.7 Å². The van der Waals surface area contributed by atoms with E-state index in [1.807, 2.05) is 35.0 Å². The van der Waals surface area contributed by atoms with Gasteiger partial charge in [0.15, 0.2) is 0 Å². The number of rotatable bonds is 6. The Kier molecular flexibility index (Phi) is 5.88. The number of thioether (sulfide) groups is 1. The fourth-order valence-corrected chi connectivity index (χ4v) is 4.15. The van der Waals surface area contributed by atoms with E-state index in [-0.39, 0.29) is 5.91 Å². The summed E-state index contributed by atoms with van der Waals surface area (Å²) in [4.78, 5) is 21.5. The van der Waals surface area contributed by atoms with Crippen LogP contribution in [0.3, 0.4) is 0 Å². The van der Waals surface area contributed by atoms with Gasteiger partial charge in [-0.15, -0.1) is 0 Å². The lowest BCUT2D eigenvalue weighted by Gasteiger charge is -2.10. The lowest BCUT2D eigenvalue weighted by Crippen LogP contribution is -2.15. The Morgan fingerprint density at radius 2 is 2.10 bits per heavy atom. The normalized spacial score (nSPS) is 10.5. The number of anilines is 1. The Morgan fingerprint density at radius 1 is 1.27 bits per heavy atom. The largest absolute Gasteiger partial charge is 0.338 e. The molecule has 9 heteroatoms. The summed E-state index contributed by atoms with van der Waals surface area (Å²) >= 11 is 2.87. The third-order valence-electron chi connectivity index (χ3n) is 4.15. The summed E-state index contributed by atoms with van der Waals surface area (Å²) in [6.45, 7) is 1.74. The van der Waals surface area contributed by atoms with Gasteiger partial charge in [-0.3, -0.25) is 4.79 Å². The van der Waals surface area contributed by atoms with Crippen molar-refractivity contribution in [1.29, 1.82) is 5.26 Å². The van der Waals surface area contributed by atoms with E-state index in [4.69, 9.17) is 4.52 Å². The van der Waals surface area contributed by atoms with Gasteiger partial charge in [0.25, 0.3) is 5.91 Å². The number of aromatic nitrogens is 3.